The normalized spacial score (nSPS) is 17.3. The lowest BCUT2D eigenvalue weighted by Crippen LogP contribution is -2.49. The van der Waals surface area contributed by atoms with E-state index in [1.807, 2.05) is 6.92 Å². The number of carbonyl (C=O) groups is 2. The fraction of sp³-hybridized carbons (Fsp3) is 0.353. The van der Waals surface area contributed by atoms with E-state index in [9.17, 15) is 9.59 Å². The molecule has 1 aliphatic rings. The van der Waals surface area contributed by atoms with Crippen molar-refractivity contribution in [3.63, 3.8) is 0 Å². The average Bonchev–Trinajstić information content (AvgIpc) is 2.96. The molecule has 1 atom stereocenters. The summed E-state index contributed by atoms with van der Waals surface area (Å²) in [6.45, 7) is 2.69. The zero-order valence-electron chi connectivity index (χ0n) is 14.0. The molecule has 1 aromatic heterocycles. The van der Waals surface area contributed by atoms with Gasteiger partial charge in [-0.15, -0.1) is 0 Å². The summed E-state index contributed by atoms with van der Waals surface area (Å²) >= 11 is 12.2. The molecule has 9 heteroatoms. The minimum absolute atomic E-state index is 0.172. The summed E-state index contributed by atoms with van der Waals surface area (Å²) in [5.41, 5.74) is 1.56. The highest BCUT2D eigenvalue weighted by Crippen LogP contribution is 2.26. The van der Waals surface area contributed by atoms with Crippen molar-refractivity contribution in [2.24, 2.45) is 0 Å². The second-order valence-electron chi connectivity index (χ2n) is 6.00. The highest BCUT2D eigenvalue weighted by molar-refractivity contribution is 6.35. The van der Waals surface area contributed by atoms with E-state index in [1.165, 1.54) is 4.90 Å². The van der Waals surface area contributed by atoms with Crippen LogP contribution in [0.2, 0.25) is 10.0 Å². The number of aryl methyl sites for hydroxylation is 1. The van der Waals surface area contributed by atoms with Crippen LogP contribution in [0.15, 0.2) is 24.3 Å². The molecule has 1 unspecified atom stereocenters. The maximum absolute atomic E-state index is 12.9. The monoisotopic (exact) mass is 397 g/mol. The first kappa shape index (κ1) is 18.7. The zero-order valence-corrected chi connectivity index (χ0v) is 15.5. The van der Waals surface area contributed by atoms with Gasteiger partial charge < -0.3 is 14.7 Å². The van der Waals surface area contributed by atoms with Gasteiger partial charge in [-0.1, -0.05) is 23.2 Å². The topological polar surface area (TPSA) is 84.7 Å². The van der Waals surface area contributed by atoms with E-state index in [-0.39, 0.29) is 24.6 Å². The molecule has 1 aliphatic heterocycles. The number of amides is 1. The van der Waals surface area contributed by atoms with Gasteiger partial charge in [0.15, 0.2) is 5.69 Å². The van der Waals surface area contributed by atoms with Crippen LogP contribution in [0.3, 0.4) is 0 Å². The number of nitrogens with zero attached hydrogens (tertiary/aromatic N) is 3. The molecular formula is C17H17Cl2N3O4. The van der Waals surface area contributed by atoms with Gasteiger partial charge in [0.25, 0.3) is 5.91 Å². The lowest BCUT2D eigenvalue weighted by molar-refractivity contribution is -0.139. The van der Waals surface area contributed by atoms with Gasteiger partial charge in [0.05, 0.1) is 36.4 Å². The summed E-state index contributed by atoms with van der Waals surface area (Å²) in [7, 11) is 0. The molecule has 0 saturated carbocycles. The van der Waals surface area contributed by atoms with E-state index < -0.39 is 12.0 Å². The first-order valence-electron chi connectivity index (χ1n) is 7.99. The van der Waals surface area contributed by atoms with E-state index in [4.69, 9.17) is 33.0 Å². The van der Waals surface area contributed by atoms with Crippen LogP contribution in [0.1, 0.15) is 22.6 Å². The maximum atomic E-state index is 12.9. The molecule has 0 aliphatic carbocycles. The fourth-order valence-corrected chi connectivity index (χ4v) is 3.40. The summed E-state index contributed by atoms with van der Waals surface area (Å²) in [6.07, 6.45) is -0.172. The van der Waals surface area contributed by atoms with Crippen molar-refractivity contribution in [1.82, 2.24) is 14.7 Å². The van der Waals surface area contributed by atoms with E-state index in [1.54, 1.807) is 28.9 Å². The van der Waals surface area contributed by atoms with Crippen LogP contribution in [-0.4, -0.2) is 57.5 Å². The van der Waals surface area contributed by atoms with Crippen LogP contribution in [0.25, 0.3) is 5.69 Å². The van der Waals surface area contributed by atoms with Gasteiger partial charge in [0.2, 0.25) is 0 Å². The molecule has 0 radical (unpaired) electrons. The molecule has 2 heterocycles. The Morgan fingerprint density at radius 1 is 1.35 bits per heavy atom. The lowest BCUT2D eigenvalue weighted by Gasteiger charge is -2.34. The number of carboxylic acids is 1. The minimum Gasteiger partial charge on any atom is -0.481 e. The van der Waals surface area contributed by atoms with Gasteiger partial charge in [-0.2, -0.15) is 5.10 Å². The minimum atomic E-state index is -0.979. The smallest absolute Gasteiger partial charge is 0.305 e. The van der Waals surface area contributed by atoms with Crippen molar-refractivity contribution in [3.05, 3.63) is 45.7 Å². The molecule has 3 rings (SSSR count). The Bertz CT molecular complexity index is 853. The molecule has 2 aromatic rings. The van der Waals surface area contributed by atoms with Crippen molar-refractivity contribution in [1.29, 1.82) is 0 Å². The molecule has 1 fully saturated rings. The molecule has 26 heavy (non-hydrogen) atoms. The van der Waals surface area contributed by atoms with Crippen LogP contribution in [0.5, 0.6) is 0 Å². The standard InChI is InChI=1S/C17H17Cl2N3O4/c1-10-6-14(20-22(10)15-3-2-11(18)7-13(15)19)17(25)21-4-5-26-9-12(21)8-16(23)24/h2-3,6-7,12H,4-5,8-9H2,1H3,(H,23,24). The number of halogens is 2. The molecule has 0 bridgehead atoms. The largest absolute Gasteiger partial charge is 0.481 e. The third kappa shape index (κ3) is 3.85. The Morgan fingerprint density at radius 2 is 2.12 bits per heavy atom. The van der Waals surface area contributed by atoms with Gasteiger partial charge >= 0.3 is 5.97 Å². The van der Waals surface area contributed by atoms with Crippen LogP contribution < -0.4 is 0 Å². The molecule has 1 N–H and O–H groups in total. The van der Waals surface area contributed by atoms with Crippen LogP contribution in [0.4, 0.5) is 0 Å². The Labute approximate surface area is 160 Å². The summed E-state index contributed by atoms with van der Waals surface area (Å²) in [6, 6.07) is 6.15. The number of ether oxygens (including phenoxy) is 1. The molecule has 1 saturated heterocycles. The maximum Gasteiger partial charge on any atom is 0.305 e. The first-order valence-corrected chi connectivity index (χ1v) is 8.75. The van der Waals surface area contributed by atoms with Crippen LogP contribution in [-0.2, 0) is 9.53 Å². The van der Waals surface area contributed by atoms with Gasteiger partial charge in [-0.3, -0.25) is 9.59 Å². The first-order chi connectivity index (χ1) is 12.4. The molecule has 1 aromatic carbocycles. The van der Waals surface area contributed by atoms with Crippen LogP contribution >= 0.6 is 23.2 Å². The summed E-state index contributed by atoms with van der Waals surface area (Å²) in [4.78, 5) is 25.4. The zero-order chi connectivity index (χ0) is 18.8. The number of rotatable bonds is 4. The fourth-order valence-electron chi connectivity index (χ4n) is 2.92. The number of hydrogen-bond acceptors (Lipinski definition) is 4. The molecule has 1 amide bonds. The predicted molar refractivity (Wildman–Crippen MR) is 96.2 cm³/mol. The summed E-state index contributed by atoms with van der Waals surface area (Å²) < 4.78 is 6.88. The van der Waals surface area contributed by atoms with Crippen molar-refractivity contribution < 1.29 is 19.4 Å². The van der Waals surface area contributed by atoms with Gasteiger partial charge in [-0.25, -0.2) is 4.68 Å². The molecule has 138 valence electrons. The van der Waals surface area contributed by atoms with Crippen LogP contribution in [0, 0.1) is 6.92 Å². The third-order valence-electron chi connectivity index (χ3n) is 4.14. The average molecular weight is 398 g/mol. The number of hydrogen-bond donors (Lipinski definition) is 1. The van der Waals surface area contributed by atoms with Crippen molar-refractivity contribution in [3.8, 4) is 5.69 Å². The van der Waals surface area contributed by atoms with E-state index >= 15 is 0 Å². The SMILES string of the molecule is Cc1cc(C(=O)N2CCOCC2CC(=O)O)nn1-c1ccc(Cl)cc1Cl. The number of carbonyl (C=O) groups excluding carboxylic acids is 1. The highest BCUT2D eigenvalue weighted by atomic mass is 35.5. The second-order valence-corrected chi connectivity index (χ2v) is 6.85. The number of morpholine rings is 1. The summed E-state index contributed by atoms with van der Waals surface area (Å²) in [5, 5.41) is 14.3. The summed E-state index contributed by atoms with van der Waals surface area (Å²) in [5.74, 6) is -1.31. The lowest BCUT2D eigenvalue weighted by atomic mass is 10.1. The number of carboxylic acid groups (broad SMARTS) is 1. The third-order valence-corrected chi connectivity index (χ3v) is 4.68. The Morgan fingerprint density at radius 3 is 2.81 bits per heavy atom. The Hall–Kier alpha value is -2.09. The van der Waals surface area contributed by atoms with Crippen molar-refractivity contribution in [2.45, 2.75) is 19.4 Å². The second kappa shape index (κ2) is 7.65. The van der Waals surface area contributed by atoms with Crippen molar-refractivity contribution in [2.75, 3.05) is 19.8 Å². The highest BCUT2D eigenvalue weighted by Gasteiger charge is 2.31. The van der Waals surface area contributed by atoms with E-state index in [0.29, 0.717) is 28.9 Å². The Kier molecular flexibility index (Phi) is 5.50. The van der Waals surface area contributed by atoms with Crippen molar-refractivity contribution >= 4 is 35.1 Å². The van der Waals surface area contributed by atoms with E-state index in [2.05, 4.69) is 5.10 Å². The predicted octanol–water partition coefficient (Wildman–Crippen LogP) is 2.80. The molecule has 7 nitrogen and oxygen atoms in total. The number of aromatic nitrogens is 2. The quantitative estimate of drug-likeness (QED) is 0.856. The van der Waals surface area contributed by atoms with Gasteiger partial charge in [0.1, 0.15) is 0 Å². The molecular weight excluding hydrogens is 381 g/mol. The van der Waals surface area contributed by atoms with E-state index in [0.717, 1.165) is 5.69 Å². The number of benzene rings is 1. The Balaban J connectivity index is 1.89. The van der Waals surface area contributed by atoms with Gasteiger partial charge in [-0.05, 0) is 31.2 Å². The van der Waals surface area contributed by atoms with Gasteiger partial charge in [0, 0.05) is 17.3 Å². The molecule has 0 spiro atoms. The number of aliphatic carboxylic acids is 1.